The molecule has 1 aromatic carbocycles. The van der Waals surface area contributed by atoms with Gasteiger partial charge in [-0.25, -0.2) is 0 Å². The summed E-state index contributed by atoms with van der Waals surface area (Å²) in [6.45, 7) is 4.03. The first-order valence-electron chi connectivity index (χ1n) is 5.81. The average Bonchev–Trinajstić information content (AvgIpc) is 2.37. The van der Waals surface area contributed by atoms with Gasteiger partial charge in [0.25, 0.3) is 0 Å². The molecule has 0 spiro atoms. The van der Waals surface area contributed by atoms with Gasteiger partial charge in [-0.3, -0.25) is 4.21 Å². The van der Waals surface area contributed by atoms with E-state index in [1.807, 2.05) is 26.1 Å². The second-order valence-corrected chi connectivity index (χ2v) is 5.70. The fourth-order valence-corrected chi connectivity index (χ4v) is 2.40. The minimum Gasteiger partial charge on any atom is -0.496 e. The summed E-state index contributed by atoms with van der Waals surface area (Å²) in [6, 6.07) is 6.35. The van der Waals surface area contributed by atoms with E-state index in [9.17, 15) is 4.21 Å². The van der Waals surface area contributed by atoms with Crippen LogP contribution in [-0.2, 0) is 16.6 Å². The number of benzene rings is 1. The van der Waals surface area contributed by atoms with Crippen molar-refractivity contribution in [1.29, 1.82) is 0 Å². The van der Waals surface area contributed by atoms with Crippen LogP contribution in [0.1, 0.15) is 31.0 Å². The molecule has 0 aliphatic carbocycles. The molecule has 2 unspecified atom stereocenters. The highest BCUT2D eigenvalue weighted by Crippen LogP contribution is 2.24. The van der Waals surface area contributed by atoms with Crippen LogP contribution in [0, 0.1) is 0 Å². The van der Waals surface area contributed by atoms with E-state index < -0.39 is 10.8 Å². The van der Waals surface area contributed by atoms with Crippen LogP contribution in [0.2, 0.25) is 0 Å². The van der Waals surface area contributed by atoms with E-state index >= 15 is 0 Å². The van der Waals surface area contributed by atoms with Crippen molar-refractivity contribution < 1.29 is 8.95 Å². The summed E-state index contributed by atoms with van der Waals surface area (Å²) in [5.41, 5.74) is 2.21. The molecular weight excluding hydrogens is 234 g/mol. The Hall–Kier alpha value is -0.870. The Balaban J connectivity index is 3.01. The lowest BCUT2D eigenvalue weighted by molar-refractivity contribution is 0.411. The lowest BCUT2D eigenvalue weighted by Gasteiger charge is -2.14. The molecule has 96 valence electrons. The minimum atomic E-state index is -0.814. The van der Waals surface area contributed by atoms with Gasteiger partial charge >= 0.3 is 0 Å². The van der Waals surface area contributed by atoms with E-state index in [-0.39, 0.29) is 6.04 Å². The van der Waals surface area contributed by atoms with Gasteiger partial charge in [-0.05, 0) is 31.7 Å². The van der Waals surface area contributed by atoms with Gasteiger partial charge in [0, 0.05) is 28.2 Å². The fourth-order valence-electron chi connectivity index (χ4n) is 1.62. The Morgan fingerprint density at radius 3 is 2.71 bits per heavy atom. The number of rotatable bonds is 6. The average molecular weight is 255 g/mol. The zero-order chi connectivity index (χ0) is 12.8. The van der Waals surface area contributed by atoms with E-state index in [1.165, 1.54) is 5.56 Å². The zero-order valence-electron chi connectivity index (χ0n) is 10.9. The van der Waals surface area contributed by atoms with Crippen molar-refractivity contribution in [2.24, 2.45) is 0 Å². The quantitative estimate of drug-likeness (QED) is 0.847. The molecule has 2 atom stereocenters. The molecule has 0 bridgehead atoms. The van der Waals surface area contributed by atoms with Gasteiger partial charge in [-0.15, -0.1) is 0 Å². The number of ether oxygens (including phenoxy) is 1. The maximum absolute atomic E-state index is 11.6. The van der Waals surface area contributed by atoms with Crippen LogP contribution in [0.25, 0.3) is 0 Å². The molecule has 0 heterocycles. The third kappa shape index (κ3) is 3.82. The molecule has 0 aliphatic heterocycles. The molecule has 0 fully saturated rings. The molecule has 1 aromatic rings. The molecule has 1 rings (SSSR count). The summed E-state index contributed by atoms with van der Waals surface area (Å²) in [4.78, 5) is 0. The largest absolute Gasteiger partial charge is 0.496 e. The standard InChI is InChI=1S/C13H21NO2S/c1-5-17(15)9-12-8-11(10(2)14-3)6-7-13(12)16-4/h6-8,10,14H,5,9H2,1-4H3. The molecular formula is C13H21NO2S. The first-order valence-corrected chi connectivity index (χ1v) is 7.30. The molecule has 0 saturated carbocycles. The molecule has 0 radical (unpaired) electrons. The number of methoxy groups -OCH3 is 1. The van der Waals surface area contributed by atoms with E-state index in [0.29, 0.717) is 11.5 Å². The third-order valence-electron chi connectivity index (χ3n) is 2.88. The topological polar surface area (TPSA) is 38.3 Å². The molecule has 0 aromatic heterocycles. The summed E-state index contributed by atoms with van der Waals surface area (Å²) >= 11 is 0. The molecule has 4 heteroatoms. The van der Waals surface area contributed by atoms with Crippen molar-refractivity contribution >= 4 is 10.8 Å². The third-order valence-corrected chi connectivity index (χ3v) is 4.15. The molecule has 0 aliphatic rings. The van der Waals surface area contributed by atoms with E-state index in [4.69, 9.17) is 4.74 Å². The van der Waals surface area contributed by atoms with Gasteiger partial charge in [0.15, 0.2) is 0 Å². The fraction of sp³-hybridized carbons (Fsp3) is 0.538. The van der Waals surface area contributed by atoms with Crippen molar-refractivity contribution in [2.45, 2.75) is 25.6 Å². The van der Waals surface area contributed by atoms with Crippen molar-refractivity contribution in [3.8, 4) is 5.75 Å². The molecule has 3 nitrogen and oxygen atoms in total. The zero-order valence-corrected chi connectivity index (χ0v) is 11.8. The van der Waals surface area contributed by atoms with Crippen LogP contribution >= 0.6 is 0 Å². The summed E-state index contributed by atoms with van der Waals surface area (Å²) in [6.07, 6.45) is 0. The predicted octanol–water partition coefficient (Wildman–Crippen LogP) is 2.24. The van der Waals surface area contributed by atoms with Crippen LogP contribution in [-0.4, -0.2) is 24.1 Å². The monoisotopic (exact) mass is 255 g/mol. The van der Waals surface area contributed by atoms with Gasteiger partial charge in [0.2, 0.25) is 0 Å². The Morgan fingerprint density at radius 2 is 2.18 bits per heavy atom. The summed E-state index contributed by atoms with van der Waals surface area (Å²) < 4.78 is 16.9. The number of hydrogen-bond acceptors (Lipinski definition) is 3. The lowest BCUT2D eigenvalue weighted by Crippen LogP contribution is -2.13. The molecule has 0 saturated heterocycles. The highest BCUT2D eigenvalue weighted by Gasteiger charge is 2.10. The lowest BCUT2D eigenvalue weighted by atomic mass is 10.1. The minimum absolute atomic E-state index is 0.287. The Kier molecular flexibility index (Phi) is 5.65. The maximum atomic E-state index is 11.6. The highest BCUT2D eigenvalue weighted by molar-refractivity contribution is 7.84. The summed E-state index contributed by atoms with van der Waals surface area (Å²) in [5, 5.41) is 3.20. The molecule has 0 amide bonds. The number of hydrogen-bond donors (Lipinski definition) is 1. The smallest absolute Gasteiger partial charge is 0.123 e. The Labute approximate surface area is 106 Å². The van der Waals surface area contributed by atoms with E-state index in [2.05, 4.69) is 18.3 Å². The van der Waals surface area contributed by atoms with Crippen molar-refractivity contribution in [1.82, 2.24) is 5.32 Å². The Bertz CT molecular complexity index is 393. The van der Waals surface area contributed by atoms with E-state index in [0.717, 1.165) is 11.3 Å². The first-order chi connectivity index (χ1) is 8.12. The van der Waals surface area contributed by atoms with Crippen LogP contribution in [0.4, 0.5) is 0 Å². The van der Waals surface area contributed by atoms with Gasteiger partial charge in [-0.2, -0.15) is 0 Å². The van der Waals surface area contributed by atoms with Crippen molar-refractivity contribution in [3.63, 3.8) is 0 Å². The van der Waals surface area contributed by atoms with Crippen molar-refractivity contribution in [3.05, 3.63) is 29.3 Å². The predicted molar refractivity (Wildman–Crippen MR) is 72.9 cm³/mol. The van der Waals surface area contributed by atoms with Crippen LogP contribution in [0.15, 0.2) is 18.2 Å². The second kappa shape index (κ2) is 6.77. The van der Waals surface area contributed by atoms with Gasteiger partial charge in [-0.1, -0.05) is 13.0 Å². The Morgan fingerprint density at radius 1 is 1.47 bits per heavy atom. The van der Waals surface area contributed by atoms with Crippen LogP contribution in [0.5, 0.6) is 5.75 Å². The number of nitrogens with one attached hydrogen (secondary N) is 1. The normalized spacial score (nSPS) is 14.4. The maximum Gasteiger partial charge on any atom is 0.123 e. The molecule has 1 N–H and O–H groups in total. The van der Waals surface area contributed by atoms with Gasteiger partial charge < -0.3 is 10.1 Å². The molecule has 17 heavy (non-hydrogen) atoms. The van der Waals surface area contributed by atoms with Crippen molar-refractivity contribution in [2.75, 3.05) is 19.9 Å². The van der Waals surface area contributed by atoms with Gasteiger partial charge in [0.1, 0.15) is 5.75 Å². The summed E-state index contributed by atoms with van der Waals surface area (Å²) in [5.74, 6) is 2.05. The SMILES string of the molecule is CCS(=O)Cc1cc(C(C)NC)ccc1OC. The van der Waals surface area contributed by atoms with Crippen LogP contribution < -0.4 is 10.1 Å². The highest BCUT2D eigenvalue weighted by atomic mass is 32.2. The first kappa shape index (κ1) is 14.2. The summed E-state index contributed by atoms with van der Waals surface area (Å²) in [7, 11) is 2.76. The van der Waals surface area contributed by atoms with Crippen LogP contribution in [0.3, 0.4) is 0 Å². The van der Waals surface area contributed by atoms with E-state index in [1.54, 1.807) is 7.11 Å². The van der Waals surface area contributed by atoms with Gasteiger partial charge in [0.05, 0.1) is 12.9 Å². The second-order valence-electron chi connectivity index (χ2n) is 3.95.